The fourth-order valence-corrected chi connectivity index (χ4v) is 3.05. The maximum Gasteiger partial charge on any atom is 0.255 e. The molecule has 0 saturated carbocycles. The maximum absolute atomic E-state index is 12.5. The fraction of sp³-hybridized carbons (Fsp3) is 0.0500. The fourth-order valence-electron chi connectivity index (χ4n) is 2.39. The van der Waals surface area contributed by atoms with Crippen LogP contribution in [0.4, 0.5) is 17.1 Å². The molecule has 0 spiro atoms. The summed E-state index contributed by atoms with van der Waals surface area (Å²) in [5.74, 6) is -0.221. The van der Waals surface area contributed by atoms with Gasteiger partial charge in [-0.3, -0.25) is 4.79 Å². The van der Waals surface area contributed by atoms with Gasteiger partial charge in [0, 0.05) is 33.5 Å². The lowest BCUT2D eigenvalue weighted by Crippen LogP contribution is -2.74. The number of aryl methyl sites for hydroxylation is 1. The average molecular weight is 366 g/mol. The summed E-state index contributed by atoms with van der Waals surface area (Å²) in [5, 5.41) is 12.1. The Labute approximate surface area is 156 Å². The Kier molecular flexibility index (Phi) is 5.91. The third-order valence-corrected chi connectivity index (χ3v) is 4.68. The Bertz CT molecular complexity index is 901. The Morgan fingerprint density at radius 3 is 2.50 bits per heavy atom. The van der Waals surface area contributed by atoms with Crippen LogP contribution >= 0.6 is 11.9 Å². The first-order valence-corrected chi connectivity index (χ1v) is 8.95. The molecular weight excluding hydrogens is 346 g/mol. The highest BCUT2D eigenvalue weighted by atomic mass is 32.2. The third-order valence-electron chi connectivity index (χ3n) is 3.83. The zero-order valence-electron chi connectivity index (χ0n) is 14.3. The second-order valence-corrected chi connectivity index (χ2v) is 6.63. The standard InChI is InChI=1S/C20H19N3O2S/c1-14-10-11-15(12-19(14)22-25)20(24)21-16-6-5-7-17(13-16)23-26-18-8-3-2-4-9-18/h2-13,22-23,25H,1H3,(H,21,24)/p+1. The summed E-state index contributed by atoms with van der Waals surface area (Å²) in [4.78, 5) is 13.6. The summed E-state index contributed by atoms with van der Waals surface area (Å²) in [6, 6.07) is 22.7. The Morgan fingerprint density at radius 1 is 0.962 bits per heavy atom. The van der Waals surface area contributed by atoms with E-state index in [1.165, 1.54) is 11.9 Å². The molecule has 26 heavy (non-hydrogen) atoms. The van der Waals surface area contributed by atoms with Crippen LogP contribution in [0, 0.1) is 6.92 Å². The van der Waals surface area contributed by atoms with E-state index >= 15 is 0 Å². The van der Waals surface area contributed by atoms with Crippen molar-refractivity contribution < 1.29 is 15.5 Å². The van der Waals surface area contributed by atoms with Crippen molar-refractivity contribution in [2.45, 2.75) is 11.8 Å². The molecule has 5 nitrogen and oxygen atoms in total. The van der Waals surface area contributed by atoms with Gasteiger partial charge < -0.3 is 10.0 Å². The van der Waals surface area contributed by atoms with Crippen LogP contribution < -0.4 is 15.5 Å². The molecular formula is C20H20N3O2S+. The van der Waals surface area contributed by atoms with Gasteiger partial charge in [-0.1, -0.05) is 30.3 Å². The van der Waals surface area contributed by atoms with E-state index in [9.17, 15) is 10.0 Å². The van der Waals surface area contributed by atoms with Gasteiger partial charge in [0.25, 0.3) is 5.91 Å². The van der Waals surface area contributed by atoms with E-state index in [1.54, 1.807) is 12.1 Å². The first-order valence-electron chi connectivity index (χ1n) is 8.13. The lowest BCUT2D eigenvalue weighted by Gasteiger charge is -2.09. The molecule has 0 fully saturated rings. The molecule has 132 valence electrons. The number of hydrogen-bond donors (Lipinski definition) is 4. The minimum Gasteiger partial charge on any atom is -0.326 e. The maximum atomic E-state index is 12.5. The topological polar surface area (TPSA) is 78.0 Å². The van der Waals surface area contributed by atoms with Crippen LogP contribution in [-0.2, 0) is 0 Å². The van der Waals surface area contributed by atoms with E-state index in [0.29, 0.717) is 16.9 Å². The molecule has 0 bridgehead atoms. The first kappa shape index (κ1) is 18.0. The zero-order chi connectivity index (χ0) is 18.4. The molecule has 0 saturated heterocycles. The van der Waals surface area contributed by atoms with E-state index in [2.05, 4.69) is 10.0 Å². The van der Waals surface area contributed by atoms with Gasteiger partial charge in [0.05, 0.1) is 0 Å². The molecule has 3 aromatic rings. The van der Waals surface area contributed by atoms with Crippen LogP contribution in [0.5, 0.6) is 0 Å². The van der Waals surface area contributed by atoms with Gasteiger partial charge in [0.15, 0.2) is 5.69 Å². The van der Waals surface area contributed by atoms with Crippen molar-refractivity contribution in [3.63, 3.8) is 0 Å². The van der Waals surface area contributed by atoms with Crippen LogP contribution in [0.25, 0.3) is 0 Å². The summed E-state index contributed by atoms with van der Waals surface area (Å²) >= 11 is 1.51. The van der Waals surface area contributed by atoms with Gasteiger partial charge in [-0.05, 0) is 55.3 Å². The number of benzene rings is 3. The van der Waals surface area contributed by atoms with E-state index in [-0.39, 0.29) is 5.91 Å². The highest BCUT2D eigenvalue weighted by Gasteiger charge is 2.10. The molecule has 0 radical (unpaired) electrons. The number of nitrogens with one attached hydrogen (secondary N) is 2. The van der Waals surface area contributed by atoms with Crippen molar-refractivity contribution in [2.75, 3.05) is 10.0 Å². The molecule has 3 aromatic carbocycles. The molecule has 0 aliphatic carbocycles. The first-order chi connectivity index (χ1) is 12.7. The molecule has 0 aromatic heterocycles. The second kappa shape index (κ2) is 8.53. The number of quaternary nitrogens is 1. The van der Waals surface area contributed by atoms with Gasteiger partial charge in [0.1, 0.15) is 0 Å². The molecule has 3 rings (SSSR count). The summed E-state index contributed by atoms with van der Waals surface area (Å²) < 4.78 is 3.27. The number of hydrogen-bond acceptors (Lipinski definition) is 4. The van der Waals surface area contributed by atoms with Gasteiger partial charge in [-0.25, -0.2) is 5.21 Å². The summed E-state index contributed by atoms with van der Waals surface area (Å²) in [5.41, 5.74) is 4.64. The molecule has 5 N–H and O–H groups in total. The van der Waals surface area contributed by atoms with E-state index in [1.807, 2.05) is 67.6 Å². The van der Waals surface area contributed by atoms with Crippen LogP contribution in [0.15, 0.2) is 77.7 Å². The molecule has 0 atom stereocenters. The lowest BCUT2D eigenvalue weighted by atomic mass is 10.1. The molecule has 0 heterocycles. The van der Waals surface area contributed by atoms with Crippen molar-refractivity contribution in [1.29, 1.82) is 0 Å². The summed E-state index contributed by atoms with van der Waals surface area (Å²) in [7, 11) is 0. The molecule has 6 heteroatoms. The van der Waals surface area contributed by atoms with Crippen LogP contribution in [0.1, 0.15) is 15.9 Å². The third kappa shape index (κ3) is 4.64. The SMILES string of the molecule is Cc1ccc(C(=O)Nc2cccc(NSc3ccccc3)c2)cc1[NH2+]O. The smallest absolute Gasteiger partial charge is 0.255 e. The zero-order valence-corrected chi connectivity index (χ0v) is 15.1. The largest absolute Gasteiger partial charge is 0.326 e. The minimum atomic E-state index is -0.221. The number of carbonyl (C=O) groups is 1. The van der Waals surface area contributed by atoms with Crippen molar-refractivity contribution >= 4 is 34.9 Å². The molecule has 0 aliphatic rings. The normalized spacial score (nSPS) is 10.4. The quantitative estimate of drug-likeness (QED) is 0.303. The summed E-state index contributed by atoms with van der Waals surface area (Å²) in [6.07, 6.45) is 0. The lowest BCUT2D eigenvalue weighted by molar-refractivity contribution is -0.826. The Balaban J connectivity index is 1.67. The number of rotatable bonds is 6. The second-order valence-electron chi connectivity index (χ2n) is 5.75. The van der Waals surface area contributed by atoms with Crippen molar-refractivity contribution in [3.8, 4) is 0 Å². The van der Waals surface area contributed by atoms with Crippen molar-refractivity contribution in [3.05, 3.63) is 83.9 Å². The highest BCUT2D eigenvalue weighted by molar-refractivity contribution is 8.00. The van der Waals surface area contributed by atoms with Crippen molar-refractivity contribution in [1.82, 2.24) is 0 Å². The van der Waals surface area contributed by atoms with Crippen LogP contribution in [0.3, 0.4) is 0 Å². The monoisotopic (exact) mass is 366 g/mol. The minimum absolute atomic E-state index is 0.221. The molecule has 0 aliphatic heterocycles. The van der Waals surface area contributed by atoms with E-state index in [4.69, 9.17) is 0 Å². The van der Waals surface area contributed by atoms with Gasteiger partial charge >= 0.3 is 0 Å². The highest BCUT2D eigenvalue weighted by Crippen LogP contribution is 2.23. The predicted molar refractivity (Wildman–Crippen MR) is 105 cm³/mol. The summed E-state index contributed by atoms with van der Waals surface area (Å²) in [6.45, 7) is 1.88. The van der Waals surface area contributed by atoms with Gasteiger partial charge in [0.2, 0.25) is 0 Å². The van der Waals surface area contributed by atoms with Crippen molar-refractivity contribution in [2.24, 2.45) is 0 Å². The molecule has 0 unspecified atom stereocenters. The Hall–Kier alpha value is -2.80. The number of nitrogens with two attached hydrogens (primary N) is 1. The van der Waals surface area contributed by atoms with E-state index < -0.39 is 0 Å². The predicted octanol–water partition coefficient (Wildman–Crippen LogP) is 3.95. The van der Waals surface area contributed by atoms with E-state index in [0.717, 1.165) is 21.6 Å². The molecule has 1 amide bonds. The number of carbonyl (C=O) groups excluding carboxylic acids is 1. The van der Waals surface area contributed by atoms with Crippen LogP contribution in [0.2, 0.25) is 0 Å². The Morgan fingerprint density at radius 2 is 1.73 bits per heavy atom. The van der Waals surface area contributed by atoms with Crippen LogP contribution in [-0.4, -0.2) is 11.1 Å². The number of anilines is 2. The van der Waals surface area contributed by atoms with Gasteiger partial charge in [-0.2, -0.15) is 5.48 Å². The average Bonchev–Trinajstić information content (AvgIpc) is 2.68. The number of amides is 1. The van der Waals surface area contributed by atoms with Gasteiger partial charge in [-0.15, -0.1) is 0 Å².